The molecule has 0 radical (unpaired) electrons. The van der Waals surface area contributed by atoms with Crippen LogP contribution in [0.1, 0.15) is 92.5 Å². The first kappa shape index (κ1) is 37.1. The van der Waals surface area contributed by atoms with Gasteiger partial charge in [0.25, 0.3) is 5.91 Å². The summed E-state index contributed by atoms with van der Waals surface area (Å²) in [5.74, 6) is 8.56. The van der Waals surface area contributed by atoms with Gasteiger partial charge in [0.15, 0.2) is 11.6 Å². The summed E-state index contributed by atoms with van der Waals surface area (Å²) >= 11 is 7.84. The number of aliphatic imine (C=N–C) groups is 1. The van der Waals surface area contributed by atoms with Gasteiger partial charge in [0, 0.05) is 65.2 Å². The minimum atomic E-state index is -0.508. The van der Waals surface area contributed by atoms with Crippen LogP contribution in [0, 0.1) is 31.6 Å². The van der Waals surface area contributed by atoms with E-state index in [4.69, 9.17) is 21.6 Å². The highest BCUT2D eigenvalue weighted by Gasteiger charge is 2.40. The topological polar surface area (TPSA) is 126 Å². The molecule has 0 bridgehead atoms. The van der Waals surface area contributed by atoms with Crippen molar-refractivity contribution in [2.24, 2.45) is 10.9 Å². The van der Waals surface area contributed by atoms with E-state index in [0.29, 0.717) is 42.4 Å². The lowest BCUT2D eigenvalue weighted by atomic mass is 9.92. The Bertz CT molecular complexity index is 2500. The third-order valence-corrected chi connectivity index (χ3v) is 13.0. The normalized spacial score (nSPS) is 18.4. The molecular formula is C44H41ClN8O3S. The summed E-state index contributed by atoms with van der Waals surface area (Å²) in [6.07, 6.45) is 4.78. The van der Waals surface area contributed by atoms with Crippen molar-refractivity contribution in [3.8, 4) is 16.8 Å². The zero-order valence-corrected chi connectivity index (χ0v) is 33.4. The predicted molar refractivity (Wildman–Crippen MR) is 220 cm³/mol. The van der Waals surface area contributed by atoms with E-state index in [9.17, 15) is 14.4 Å². The number of carbonyl (C=O) groups excluding carboxylic acids is 3. The average molecular weight is 797 g/mol. The van der Waals surface area contributed by atoms with Gasteiger partial charge in [-0.3, -0.25) is 28.8 Å². The maximum atomic E-state index is 13.3. The first-order valence-corrected chi connectivity index (χ1v) is 20.7. The lowest BCUT2D eigenvalue weighted by molar-refractivity contribution is -0.133. The molecule has 0 spiro atoms. The van der Waals surface area contributed by atoms with Crippen LogP contribution in [0.4, 0.5) is 5.69 Å². The van der Waals surface area contributed by atoms with Crippen LogP contribution < -0.4 is 5.32 Å². The van der Waals surface area contributed by atoms with Crippen molar-refractivity contribution in [1.82, 2.24) is 29.5 Å². The number of amides is 1. The minimum Gasteiger partial charge on any atom is -0.384 e. The Balaban J connectivity index is 0.814. The molecule has 5 aromatic rings. The molecule has 288 valence electrons. The molecule has 57 heavy (non-hydrogen) atoms. The molecule has 1 unspecified atom stereocenters. The fourth-order valence-electron chi connectivity index (χ4n) is 8.43. The van der Waals surface area contributed by atoms with Crippen LogP contribution in [0.2, 0.25) is 5.02 Å². The maximum Gasteiger partial charge on any atom is 0.255 e. The highest BCUT2D eigenvalue weighted by atomic mass is 35.5. The Kier molecular flexibility index (Phi) is 10.1. The van der Waals surface area contributed by atoms with Gasteiger partial charge >= 0.3 is 0 Å². The number of pyridine rings is 1. The molecule has 1 saturated carbocycles. The maximum absolute atomic E-state index is 13.3. The third kappa shape index (κ3) is 7.31. The molecule has 13 heteroatoms. The molecule has 9 rings (SSSR count). The van der Waals surface area contributed by atoms with E-state index in [-0.39, 0.29) is 23.9 Å². The van der Waals surface area contributed by atoms with Gasteiger partial charge in [-0.2, -0.15) is 0 Å². The SMILES string of the molecule is Cc1c(C#Cc2ccc(CN3CCC(CNc4cccc5c4CN(C4CCC(=O)CC4=O)C5=O)CC3)cn2)sc2c1C(c1ccc(Cl)cc1)=NCc1nnc(C)n1-2. The molecule has 4 aliphatic rings. The Hall–Kier alpha value is -5.48. The number of hydrogen-bond donors (Lipinski definition) is 1. The van der Waals surface area contributed by atoms with Gasteiger partial charge in [-0.1, -0.05) is 35.9 Å². The number of aromatic nitrogens is 4. The fraction of sp³-hybridized carbons (Fsp3) is 0.341. The summed E-state index contributed by atoms with van der Waals surface area (Å²) in [4.78, 5) is 52.5. The van der Waals surface area contributed by atoms with Crippen LogP contribution in [0.5, 0.6) is 0 Å². The summed E-state index contributed by atoms with van der Waals surface area (Å²) in [5, 5.41) is 14.1. The van der Waals surface area contributed by atoms with E-state index in [1.165, 1.54) is 0 Å². The molecule has 1 amide bonds. The zero-order chi connectivity index (χ0) is 39.2. The summed E-state index contributed by atoms with van der Waals surface area (Å²) < 4.78 is 2.09. The number of benzene rings is 2. The number of ketones is 2. The van der Waals surface area contributed by atoms with Gasteiger partial charge < -0.3 is 10.2 Å². The van der Waals surface area contributed by atoms with Gasteiger partial charge in [0.1, 0.15) is 28.8 Å². The van der Waals surface area contributed by atoms with E-state index in [1.807, 2.05) is 61.7 Å². The van der Waals surface area contributed by atoms with E-state index in [0.717, 1.165) is 105 Å². The molecule has 3 aliphatic heterocycles. The van der Waals surface area contributed by atoms with Crippen molar-refractivity contribution in [1.29, 1.82) is 0 Å². The number of nitrogens with zero attached hydrogens (tertiary/aromatic N) is 7. The van der Waals surface area contributed by atoms with Crippen LogP contribution in [0.15, 0.2) is 65.8 Å². The molecule has 11 nitrogen and oxygen atoms in total. The number of rotatable bonds is 7. The predicted octanol–water partition coefficient (Wildman–Crippen LogP) is 6.72. The van der Waals surface area contributed by atoms with Gasteiger partial charge in [-0.25, -0.2) is 4.98 Å². The van der Waals surface area contributed by atoms with Crippen molar-refractivity contribution in [3.63, 3.8) is 0 Å². The lowest BCUT2D eigenvalue weighted by Gasteiger charge is -2.32. The highest BCUT2D eigenvalue weighted by molar-refractivity contribution is 7.15. The second-order valence-corrected chi connectivity index (χ2v) is 16.7. The van der Waals surface area contributed by atoms with Gasteiger partial charge in [0.05, 0.1) is 23.1 Å². The fourth-order valence-corrected chi connectivity index (χ4v) is 9.79. The number of anilines is 1. The number of halogens is 1. The van der Waals surface area contributed by atoms with Crippen molar-refractivity contribution in [3.05, 3.63) is 121 Å². The van der Waals surface area contributed by atoms with Crippen LogP contribution in [-0.2, 0) is 29.2 Å². The largest absolute Gasteiger partial charge is 0.384 e. The molecular weight excluding hydrogens is 756 g/mol. The number of likely N-dealkylation sites (tertiary alicyclic amines) is 1. The second-order valence-electron chi connectivity index (χ2n) is 15.3. The van der Waals surface area contributed by atoms with E-state index in [1.54, 1.807) is 16.2 Å². The number of hydrogen-bond acceptors (Lipinski definition) is 10. The minimum absolute atomic E-state index is 0.0340. The van der Waals surface area contributed by atoms with Crippen LogP contribution in [0.3, 0.4) is 0 Å². The van der Waals surface area contributed by atoms with Crippen molar-refractivity contribution in [2.45, 2.75) is 71.6 Å². The Morgan fingerprint density at radius 2 is 1.79 bits per heavy atom. The van der Waals surface area contributed by atoms with Crippen LogP contribution in [-0.4, -0.2) is 78.4 Å². The van der Waals surface area contributed by atoms with Crippen LogP contribution in [0.25, 0.3) is 5.00 Å². The Labute approximate surface area is 340 Å². The standard InChI is InChI=1S/C44H41ClN8O3S/c1-26-39(57-44-41(26)42(30-7-9-31(45)10-8-30)48-23-40-50-49-27(2)53(40)44)15-12-32-11-6-29(22-46-32)24-51-18-16-28(17-19-51)21-47-36-5-3-4-34-35(36)25-52(43(34)56)37-14-13-33(54)20-38(37)55/h3-11,22,28,37,47H,13-14,16-21,23-25H2,1-2H3. The number of thiophene rings is 1. The second kappa shape index (κ2) is 15.5. The first-order chi connectivity index (χ1) is 27.7. The average Bonchev–Trinajstić information content (AvgIpc) is 3.82. The lowest BCUT2D eigenvalue weighted by Crippen LogP contribution is -2.44. The summed E-state index contributed by atoms with van der Waals surface area (Å²) in [6.45, 7) is 8.54. The molecule has 1 saturated heterocycles. The number of piperidine rings is 1. The quantitative estimate of drug-likeness (QED) is 0.142. The highest BCUT2D eigenvalue weighted by Crippen LogP contribution is 2.37. The molecule has 1 aliphatic carbocycles. The zero-order valence-electron chi connectivity index (χ0n) is 31.8. The number of aryl methyl sites for hydroxylation is 1. The molecule has 2 fully saturated rings. The first-order valence-electron chi connectivity index (χ1n) is 19.5. The number of carbonyl (C=O) groups is 3. The summed E-state index contributed by atoms with van der Waals surface area (Å²) in [7, 11) is 0. The number of nitrogens with one attached hydrogen (secondary N) is 1. The summed E-state index contributed by atoms with van der Waals surface area (Å²) in [5.41, 5.74) is 8.43. The molecule has 2 aromatic carbocycles. The monoisotopic (exact) mass is 796 g/mol. The molecule has 1 N–H and O–H groups in total. The van der Waals surface area contributed by atoms with E-state index >= 15 is 0 Å². The van der Waals surface area contributed by atoms with Crippen molar-refractivity contribution >= 4 is 51.8 Å². The van der Waals surface area contributed by atoms with Gasteiger partial charge in [-0.15, -0.1) is 21.5 Å². The Morgan fingerprint density at radius 3 is 2.56 bits per heavy atom. The van der Waals surface area contributed by atoms with Gasteiger partial charge in [0.2, 0.25) is 0 Å². The number of fused-ring (bicyclic) bond motifs is 4. The number of Topliss-reactive ketones (excluding diaryl/α,β-unsaturated/α-hetero) is 2. The smallest absolute Gasteiger partial charge is 0.255 e. The van der Waals surface area contributed by atoms with Crippen molar-refractivity contribution in [2.75, 3.05) is 25.0 Å². The Morgan fingerprint density at radius 1 is 0.965 bits per heavy atom. The van der Waals surface area contributed by atoms with E-state index < -0.39 is 6.04 Å². The third-order valence-electron chi connectivity index (χ3n) is 11.6. The van der Waals surface area contributed by atoms with Crippen molar-refractivity contribution < 1.29 is 14.4 Å². The summed E-state index contributed by atoms with van der Waals surface area (Å²) in [6, 6.07) is 17.2. The molecule has 3 aromatic heterocycles. The molecule has 1 atom stereocenters. The van der Waals surface area contributed by atoms with Crippen LogP contribution >= 0.6 is 22.9 Å². The van der Waals surface area contributed by atoms with E-state index in [2.05, 4.69) is 49.8 Å². The molecule has 6 heterocycles. The van der Waals surface area contributed by atoms with Gasteiger partial charge in [-0.05, 0) is 105 Å².